The van der Waals surface area contributed by atoms with Crippen molar-refractivity contribution < 1.29 is 4.92 Å². The summed E-state index contributed by atoms with van der Waals surface area (Å²) < 4.78 is 0.383. The molecule has 0 heterocycles. The molecule has 100 valence electrons. The van der Waals surface area contributed by atoms with Crippen molar-refractivity contribution in [1.29, 1.82) is 0 Å². The normalized spacial score (nSPS) is 10.7. The summed E-state index contributed by atoms with van der Waals surface area (Å²) in [5.74, 6) is 0. The Morgan fingerprint density at radius 2 is 1.53 bits per heavy atom. The van der Waals surface area contributed by atoms with Crippen molar-refractivity contribution in [2.45, 2.75) is 0 Å². The third kappa shape index (κ3) is 3.17. The summed E-state index contributed by atoms with van der Waals surface area (Å²) >= 11 is 0. The van der Waals surface area contributed by atoms with Gasteiger partial charge in [0.05, 0.1) is 4.92 Å². The van der Waals surface area contributed by atoms with Crippen LogP contribution in [0.25, 0.3) is 0 Å². The summed E-state index contributed by atoms with van der Waals surface area (Å²) in [6.45, 7) is 13.0. The summed E-state index contributed by atoms with van der Waals surface area (Å²) in [6.07, 6.45) is 5.30. The van der Waals surface area contributed by atoms with Crippen LogP contribution in [-0.4, -0.2) is 24.6 Å². The smallest absolute Gasteiger partial charge is 0.275 e. The molecule has 0 saturated heterocycles. The monoisotopic (exact) mass is 259 g/mol. The van der Waals surface area contributed by atoms with Crippen LogP contribution in [0, 0.1) is 10.1 Å². The minimum atomic E-state index is -0.350. The van der Waals surface area contributed by atoms with Crippen LogP contribution in [0.5, 0.6) is 0 Å². The molecule has 4 nitrogen and oxygen atoms in total. The number of hydrogen-bond donors (Lipinski definition) is 0. The maximum Gasteiger partial charge on any atom is 0.329 e. The summed E-state index contributed by atoms with van der Waals surface area (Å²) in [6, 6.07) is 6.79. The molecule has 0 radical (unpaired) electrons. The first-order valence-electron chi connectivity index (χ1n) is 6.04. The van der Waals surface area contributed by atoms with Gasteiger partial charge in [0.25, 0.3) is 0 Å². The zero-order valence-electron chi connectivity index (χ0n) is 11.0. The van der Waals surface area contributed by atoms with E-state index in [9.17, 15) is 10.1 Å². The number of rotatable bonds is 8. The molecular weight excluding hydrogens is 240 g/mol. The summed E-state index contributed by atoms with van der Waals surface area (Å²) in [4.78, 5) is 10.8. The molecule has 1 rings (SSSR count). The van der Waals surface area contributed by atoms with Crippen LogP contribution < -0.4 is 4.48 Å². The summed E-state index contributed by atoms with van der Waals surface area (Å²) in [5, 5.41) is 11.2. The lowest BCUT2D eigenvalue weighted by molar-refractivity contribution is -0.384. The molecule has 0 aromatic heterocycles. The lowest BCUT2D eigenvalue weighted by Gasteiger charge is -2.34. The second-order valence-electron chi connectivity index (χ2n) is 4.30. The van der Waals surface area contributed by atoms with Gasteiger partial charge in [-0.25, -0.2) is 0 Å². The lowest BCUT2D eigenvalue weighted by Crippen LogP contribution is -2.50. The Bertz CT molecular complexity index is 468. The van der Waals surface area contributed by atoms with Gasteiger partial charge in [0.2, 0.25) is 5.69 Å². The molecular formula is C15H19N2O2+. The highest BCUT2D eigenvalue weighted by molar-refractivity contribution is 5.61. The van der Waals surface area contributed by atoms with Gasteiger partial charge in [-0.1, -0.05) is 31.9 Å². The number of hydrogen-bond acceptors (Lipinski definition) is 2. The van der Waals surface area contributed by atoms with Crippen LogP contribution in [-0.2, 0) is 0 Å². The molecule has 0 spiro atoms. The summed E-state index contributed by atoms with van der Waals surface area (Å²) in [7, 11) is 0. The minimum absolute atomic E-state index is 0.119. The predicted molar refractivity (Wildman–Crippen MR) is 80.1 cm³/mol. The average molecular weight is 259 g/mol. The van der Waals surface area contributed by atoms with Crippen molar-refractivity contribution in [3.8, 4) is 0 Å². The third-order valence-electron chi connectivity index (χ3n) is 3.03. The number of para-hydroxylation sites is 2. The van der Waals surface area contributed by atoms with E-state index in [1.165, 1.54) is 6.07 Å². The van der Waals surface area contributed by atoms with Crippen molar-refractivity contribution in [1.82, 2.24) is 4.48 Å². The second-order valence-corrected chi connectivity index (χ2v) is 4.30. The first-order chi connectivity index (χ1) is 9.11. The quantitative estimate of drug-likeness (QED) is 0.310. The second kappa shape index (κ2) is 6.66. The molecule has 0 aliphatic carbocycles. The van der Waals surface area contributed by atoms with Gasteiger partial charge >= 0.3 is 5.69 Å². The van der Waals surface area contributed by atoms with Crippen molar-refractivity contribution >= 4 is 11.4 Å². The first-order valence-corrected chi connectivity index (χ1v) is 6.04. The Morgan fingerprint density at radius 1 is 1.05 bits per heavy atom. The van der Waals surface area contributed by atoms with E-state index in [1.54, 1.807) is 30.4 Å². The highest BCUT2D eigenvalue weighted by Gasteiger charge is 2.33. The fourth-order valence-corrected chi connectivity index (χ4v) is 2.28. The van der Waals surface area contributed by atoms with Crippen LogP contribution in [0.4, 0.5) is 11.4 Å². The fourth-order valence-electron chi connectivity index (χ4n) is 2.28. The molecule has 0 N–H and O–H groups in total. The summed E-state index contributed by atoms with van der Waals surface area (Å²) in [5.41, 5.74) is 0.778. The largest absolute Gasteiger partial charge is 0.329 e. The van der Waals surface area contributed by atoms with Gasteiger partial charge in [-0.15, -0.1) is 0 Å². The van der Waals surface area contributed by atoms with E-state index in [1.807, 2.05) is 6.07 Å². The molecule has 1 aromatic rings. The Hall–Kier alpha value is -2.20. The number of nitro groups is 1. The van der Waals surface area contributed by atoms with Crippen molar-refractivity contribution in [3.05, 3.63) is 72.3 Å². The van der Waals surface area contributed by atoms with E-state index in [0.717, 1.165) is 0 Å². The van der Waals surface area contributed by atoms with E-state index in [-0.39, 0.29) is 10.6 Å². The third-order valence-corrected chi connectivity index (χ3v) is 3.03. The van der Waals surface area contributed by atoms with Gasteiger partial charge < -0.3 is 0 Å². The molecule has 0 fully saturated rings. The molecule has 0 bridgehead atoms. The van der Waals surface area contributed by atoms with Crippen LogP contribution >= 0.6 is 0 Å². The topological polar surface area (TPSA) is 43.1 Å². The molecule has 0 atom stereocenters. The first kappa shape index (κ1) is 14.9. The van der Waals surface area contributed by atoms with Crippen molar-refractivity contribution in [2.24, 2.45) is 0 Å². The van der Waals surface area contributed by atoms with Crippen LogP contribution in [0.2, 0.25) is 0 Å². The molecule has 4 heteroatoms. The SMILES string of the molecule is C=CC[N+](CC=C)(CC=C)c1ccccc1[N+](=O)[O-]. The zero-order chi connectivity index (χ0) is 14.3. The van der Waals surface area contributed by atoms with Crippen LogP contribution in [0.3, 0.4) is 0 Å². The van der Waals surface area contributed by atoms with Crippen LogP contribution in [0.1, 0.15) is 0 Å². The molecule has 0 amide bonds. The molecule has 1 aromatic carbocycles. The lowest BCUT2D eigenvalue weighted by atomic mass is 10.1. The van der Waals surface area contributed by atoms with E-state index < -0.39 is 0 Å². The predicted octanol–water partition coefficient (Wildman–Crippen LogP) is 3.46. The van der Waals surface area contributed by atoms with Gasteiger partial charge in [0.15, 0.2) is 0 Å². The highest BCUT2D eigenvalue weighted by Crippen LogP contribution is 2.33. The maximum atomic E-state index is 11.2. The zero-order valence-corrected chi connectivity index (χ0v) is 11.0. The van der Waals surface area contributed by atoms with Gasteiger partial charge in [0.1, 0.15) is 19.6 Å². The maximum absolute atomic E-state index is 11.2. The van der Waals surface area contributed by atoms with Gasteiger partial charge in [-0.2, -0.15) is 0 Å². The standard InChI is InChI=1S/C15H19N2O2/c1-4-11-17(12-5-2,13-6-3)15-10-8-7-9-14(15)16(18)19/h4-10H,1-3,11-13H2/q+1. The Morgan fingerprint density at radius 3 is 1.95 bits per heavy atom. The van der Waals surface area contributed by atoms with Gasteiger partial charge in [0, 0.05) is 12.1 Å². The highest BCUT2D eigenvalue weighted by atomic mass is 16.6. The van der Waals surface area contributed by atoms with Gasteiger partial charge in [-0.05, 0) is 18.2 Å². The van der Waals surface area contributed by atoms with E-state index in [4.69, 9.17) is 0 Å². The van der Waals surface area contributed by atoms with E-state index in [2.05, 4.69) is 19.7 Å². The van der Waals surface area contributed by atoms with Crippen molar-refractivity contribution in [2.75, 3.05) is 19.6 Å². The number of benzene rings is 1. The van der Waals surface area contributed by atoms with E-state index >= 15 is 0 Å². The minimum Gasteiger partial charge on any atom is -0.275 e. The molecule has 0 saturated carbocycles. The van der Waals surface area contributed by atoms with E-state index in [0.29, 0.717) is 29.8 Å². The molecule has 0 aliphatic rings. The molecule has 0 aliphatic heterocycles. The van der Waals surface area contributed by atoms with Crippen molar-refractivity contribution in [3.63, 3.8) is 0 Å². The fraction of sp³-hybridized carbons (Fsp3) is 0.200. The molecule has 0 unspecified atom stereocenters. The number of nitrogens with zero attached hydrogens (tertiary/aromatic N) is 2. The Kier molecular flexibility index (Phi) is 5.21. The van der Waals surface area contributed by atoms with Gasteiger partial charge in [-0.3, -0.25) is 14.6 Å². The average Bonchev–Trinajstić information content (AvgIpc) is 2.39. The van der Waals surface area contributed by atoms with Crippen LogP contribution in [0.15, 0.2) is 62.2 Å². The Balaban J connectivity index is 3.45. The number of quaternary nitrogens is 1. The molecule has 19 heavy (non-hydrogen) atoms. The number of nitro benzene ring substituents is 1. The Labute approximate surface area is 113 Å².